The third kappa shape index (κ3) is 3.89. The van der Waals surface area contributed by atoms with Gasteiger partial charge in [0.2, 0.25) is 0 Å². The standard InChI is InChI=1S/C10H15N5O3/c1-3-4-7(9(16)17)13-10(18)11-5-8-14-12-6-15(8)2/h3,6-7H,1,4-5H2,2H3,(H,16,17)(H2,11,13,18). The van der Waals surface area contributed by atoms with Crippen molar-refractivity contribution in [3.8, 4) is 0 Å². The predicted molar refractivity (Wildman–Crippen MR) is 62.6 cm³/mol. The van der Waals surface area contributed by atoms with Crippen LogP contribution in [0.5, 0.6) is 0 Å². The molecule has 0 saturated carbocycles. The predicted octanol–water partition coefficient (Wildman–Crippen LogP) is -0.356. The Bertz CT molecular complexity index is 442. The fourth-order valence-corrected chi connectivity index (χ4v) is 1.22. The van der Waals surface area contributed by atoms with Gasteiger partial charge in [0.05, 0.1) is 6.54 Å². The van der Waals surface area contributed by atoms with Gasteiger partial charge in [0, 0.05) is 7.05 Å². The first-order valence-corrected chi connectivity index (χ1v) is 5.25. The highest BCUT2D eigenvalue weighted by atomic mass is 16.4. The third-order valence-corrected chi connectivity index (χ3v) is 2.22. The SMILES string of the molecule is C=CCC(NC(=O)NCc1nncn1C)C(=O)O. The third-order valence-electron chi connectivity index (χ3n) is 2.22. The number of aryl methyl sites for hydroxylation is 1. The summed E-state index contributed by atoms with van der Waals surface area (Å²) in [6.07, 6.45) is 3.10. The highest BCUT2D eigenvalue weighted by Crippen LogP contribution is 1.94. The normalized spacial score (nSPS) is 11.6. The van der Waals surface area contributed by atoms with Crippen molar-refractivity contribution in [2.75, 3.05) is 0 Å². The summed E-state index contributed by atoms with van der Waals surface area (Å²) in [4.78, 5) is 22.3. The quantitative estimate of drug-likeness (QED) is 0.600. The molecular weight excluding hydrogens is 238 g/mol. The largest absolute Gasteiger partial charge is 0.480 e. The number of carboxylic acids is 1. The number of nitrogens with one attached hydrogen (secondary N) is 2. The summed E-state index contributed by atoms with van der Waals surface area (Å²) >= 11 is 0. The maximum Gasteiger partial charge on any atom is 0.326 e. The maximum absolute atomic E-state index is 11.5. The Labute approximate surface area is 104 Å². The minimum absolute atomic E-state index is 0.159. The molecule has 0 aliphatic rings. The van der Waals surface area contributed by atoms with Gasteiger partial charge >= 0.3 is 12.0 Å². The van der Waals surface area contributed by atoms with Gasteiger partial charge < -0.3 is 20.3 Å². The summed E-state index contributed by atoms with van der Waals surface area (Å²) in [6.45, 7) is 3.60. The molecule has 0 saturated heterocycles. The second-order valence-corrected chi connectivity index (χ2v) is 3.60. The van der Waals surface area contributed by atoms with Crippen LogP contribution in [0, 0.1) is 0 Å². The molecule has 0 aromatic carbocycles. The molecule has 0 fully saturated rings. The fraction of sp³-hybridized carbons (Fsp3) is 0.400. The first-order valence-electron chi connectivity index (χ1n) is 5.25. The van der Waals surface area contributed by atoms with Crippen LogP contribution in [0.3, 0.4) is 0 Å². The van der Waals surface area contributed by atoms with Crippen LogP contribution >= 0.6 is 0 Å². The van der Waals surface area contributed by atoms with E-state index in [-0.39, 0.29) is 13.0 Å². The molecule has 0 bridgehead atoms. The van der Waals surface area contributed by atoms with Crippen molar-refractivity contribution in [2.24, 2.45) is 7.05 Å². The molecule has 0 spiro atoms. The van der Waals surface area contributed by atoms with E-state index < -0.39 is 18.0 Å². The Hall–Kier alpha value is -2.38. The second-order valence-electron chi connectivity index (χ2n) is 3.60. The second kappa shape index (κ2) is 6.38. The highest BCUT2D eigenvalue weighted by molar-refractivity contribution is 5.82. The van der Waals surface area contributed by atoms with Crippen LogP contribution in [0.1, 0.15) is 12.2 Å². The summed E-state index contributed by atoms with van der Waals surface area (Å²) in [6, 6.07) is -1.56. The van der Waals surface area contributed by atoms with Crippen LogP contribution in [0.25, 0.3) is 0 Å². The van der Waals surface area contributed by atoms with E-state index in [2.05, 4.69) is 27.4 Å². The molecule has 8 nitrogen and oxygen atoms in total. The Balaban J connectivity index is 2.43. The van der Waals surface area contributed by atoms with Crippen LogP contribution in [-0.4, -0.2) is 37.9 Å². The minimum Gasteiger partial charge on any atom is -0.480 e. The molecule has 1 heterocycles. The monoisotopic (exact) mass is 253 g/mol. The van der Waals surface area contributed by atoms with Gasteiger partial charge in [-0.05, 0) is 6.42 Å². The minimum atomic E-state index is -1.11. The van der Waals surface area contributed by atoms with Crippen molar-refractivity contribution in [3.63, 3.8) is 0 Å². The number of amides is 2. The molecule has 1 aromatic rings. The van der Waals surface area contributed by atoms with Crippen molar-refractivity contribution < 1.29 is 14.7 Å². The van der Waals surface area contributed by atoms with Crippen LogP contribution in [0.4, 0.5) is 4.79 Å². The number of aliphatic carboxylic acids is 1. The number of hydrogen-bond acceptors (Lipinski definition) is 4. The van der Waals surface area contributed by atoms with Gasteiger partial charge in [0.25, 0.3) is 0 Å². The fourth-order valence-electron chi connectivity index (χ4n) is 1.22. The van der Waals surface area contributed by atoms with Gasteiger partial charge in [0.15, 0.2) is 5.82 Å². The van der Waals surface area contributed by atoms with E-state index in [0.717, 1.165) is 0 Å². The zero-order valence-electron chi connectivity index (χ0n) is 9.96. The molecule has 8 heteroatoms. The van der Waals surface area contributed by atoms with Crippen molar-refractivity contribution >= 4 is 12.0 Å². The van der Waals surface area contributed by atoms with Crippen molar-refractivity contribution in [1.29, 1.82) is 0 Å². The Morgan fingerprint density at radius 2 is 2.39 bits per heavy atom. The van der Waals surface area contributed by atoms with Crippen LogP contribution in [0.15, 0.2) is 19.0 Å². The number of nitrogens with zero attached hydrogens (tertiary/aromatic N) is 3. The smallest absolute Gasteiger partial charge is 0.326 e. The summed E-state index contributed by atoms with van der Waals surface area (Å²) in [5.74, 6) is -0.538. The molecule has 18 heavy (non-hydrogen) atoms. The van der Waals surface area contributed by atoms with Crippen molar-refractivity contribution in [3.05, 3.63) is 24.8 Å². The lowest BCUT2D eigenvalue weighted by molar-refractivity contribution is -0.139. The summed E-state index contributed by atoms with van der Waals surface area (Å²) < 4.78 is 1.65. The van der Waals surface area contributed by atoms with E-state index in [4.69, 9.17) is 5.11 Å². The van der Waals surface area contributed by atoms with E-state index in [0.29, 0.717) is 5.82 Å². The average molecular weight is 253 g/mol. The molecule has 98 valence electrons. The van der Waals surface area contributed by atoms with Gasteiger partial charge in [-0.3, -0.25) is 0 Å². The molecule has 1 aromatic heterocycles. The number of carbonyl (C=O) groups is 2. The van der Waals surface area contributed by atoms with E-state index in [1.54, 1.807) is 11.6 Å². The molecule has 2 amide bonds. The highest BCUT2D eigenvalue weighted by Gasteiger charge is 2.18. The Kier molecular flexibility index (Phi) is 4.85. The first-order chi connectivity index (χ1) is 8.54. The molecule has 0 aliphatic heterocycles. The number of aromatic nitrogens is 3. The molecule has 3 N–H and O–H groups in total. The van der Waals surface area contributed by atoms with E-state index >= 15 is 0 Å². The zero-order valence-corrected chi connectivity index (χ0v) is 9.96. The van der Waals surface area contributed by atoms with E-state index in [9.17, 15) is 9.59 Å². The average Bonchev–Trinajstić information content (AvgIpc) is 2.71. The number of carbonyl (C=O) groups excluding carboxylic acids is 1. The molecule has 0 aliphatic carbocycles. The van der Waals surface area contributed by atoms with Gasteiger partial charge in [-0.2, -0.15) is 0 Å². The molecule has 1 rings (SSSR count). The van der Waals surface area contributed by atoms with E-state index in [1.165, 1.54) is 12.4 Å². The lowest BCUT2D eigenvalue weighted by atomic mass is 10.2. The molecule has 1 atom stereocenters. The lowest BCUT2D eigenvalue weighted by Crippen LogP contribution is -2.45. The van der Waals surface area contributed by atoms with Gasteiger partial charge in [-0.15, -0.1) is 16.8 Å². The molecule has 0 radical (unpaired) electrons. The van der Waals surface area contributed by atoms with Gasteiger partial charge in [-0.25, -0.2) is 9.59 Å². The summed E-state index contributed by atoms with van der Waals surface area (Å²) in [7, 11) is 1.74. The number of urea groups is 1. The lowest BCUT2D eigenvalue weighted by Gasteiger charge is -2.13. The molecule has 1 unspecified atom stereocenters. The topological polar surface area (TPSA) is 109 Å². The zero-order chi connectivity index (χ0) is 13.5. The van der Waals surface area contributed by atoms with Crippen LogP contribution < -0.4 is 10.6 Å². The van der Waals surface area contributed by atoms with Crippen LogP contribution in [0.2, 0.25) is 0 Å². The molecular formula is C10H15N5O3. The Morgan fingerprint density at radius 1 is 1.67 bits per heavy atom. The van der Waals surface area contributed by atoms with Gasteiger partial charge in [-0.1, -0.05) is 6.08 Å². The number of rotatable bonds is 6. The van der Waals surface area contributed by atoms with E-state index in [1.807, 2.05) is 0 Å². The van der Waals surface area contributed by atoms with Crippen molar-refractivity contribution in [1.82, 2.24) is 25.4 Å². The summed E-state index contributed by atoms with van der Waals surface area (Å²) in [5.41, 5.74) is 0. The Morgan fingerprint density at radius 3 is 2.89 bits per heavy atom. The van der Waals surface area contributed by atoms with Gasteiger partial charge in [0.1, 0.15) is 12.4 Å². The van der Waals surface area contributed by atoms with Crippen LogP contribution in [-0.2, 0) is 18.4 Å². The number of carboxylic acid groups (broad SMARTS) is 1. The maximum atomic E-state index is 11.5. The number of hydrogen-bond donors (Lipinski definition) is 3. The van der Waals surface area contributed by atoms with Crippen molar-refractivity contribution in [2.45, 2.75) is 19.0 Å². The first kappa shape index (κ1) is 13.7. The summed E-state index contributed by atoms with van der Waals surface area (Å²) in [5, 5.41) is 21.1.